The number of aryl methyl sites for hydroxylation is 2. The molecule has 0 aliphatic heterocycles. The minimum absolute atomic E-state index is 0.0577. The van der Waals surface area contributed by atoms with Crippen molar-refractivity contribution in [3.05, 3.63) is 44.1 Å². The van der Waals surface area contributed by atoms with Crippen molar-refractivity contribution in [1.29, 1.82) is 0 Å². The predicted octanol–water partition coefficient (Wildman–Crippen LogP) is 3.41. The topological polar surface area (TPSA) is 54.9 Å². The zero-order valence-electron chi connectivity index (χ0n) is 10.9. The number of nitrogens with one attached hydrogen (secondary N) is 1. The molecule has 0 bridgehead atoms. The highest BCUT2D eigenvalue weighted by Crippen LogP contribution is 2.24. The van der Waals surface area contributed by atoms with Gasteiger partial charge in [-0.05, 0) is 42.8 Å². The van der Waals surface area contributed by atoms with Gasteiger partial charge in [0, 0.05) is 21.7 Å². The Bertz CT molecular complexity index is 612. The molecular formula is C13H14BrN3OS. The number of halogens is 1. The van der Waals surface area contributed by atoms with E-state index in [1.54, 1.807) is 29.8 Å². The Balaban J connectivity index is 2.13. The number of thiazole rings is 1. The third-order valence-corrected chi connectivity index (χ3v) is 4.34. The van der Waals surface area contributed by atoms with Crippen LogP contribution in [-0.4, -0.2) is 15.9 Å². The zero-order valence-corrected chi connectivity index (χ0v) is 13.3. The number of carbonyl (C=O) groups is 1. The fourth-order valence-electron chi connectivity index (χ4n) is 1.83. The molecule has 19 heavy (non-hydrogen) atoms. The standard InChI is InChI=1S/C13H14BrN3OS/c1-7-12(19-9(3)16-7)8(2)17-13(18)10-4-11(14)6-15-5-10/h4-6,8H,1-3H3,(H,17,18). The average Bonchev–Trinajstić information content (AvgIpc) is 2.68. The maximum atomic E-state index is 12.1. The number of rotatable bonds is 3. The number of carbonyl (C=O) groups excluding carboxylic acids is 1. The molecule has 100 valence electrons. The quantitative estimate of drug-likeness (QED) is 0.932. The van der Waals surface area contributed by atoms with Gasteiger partial charge >= 0.3 is 0 Å². The molecule has 1 amide bonds. The molecule has 0 radical (unpaired) electrons. The van der Waals surface area contributed by atoms with Crippen LogP contribution in [0.15, 0.2) is 22.9 Å². The Morgan fingerprint density at radius 3 is 2.74 bits per heavy atom. The van der Waals surface area contributed by atoms with Gasteiger partial charge in [0.25, 0.3) is 5.91 Å². The molecule has 2 aromatic heterocycles. The largest absolute Gasteiger partial charge is 0.345 e. The molecular weight excluding hydrogens is 326 g/mol. The minimum atomic E-state index is -0.133. The number of amides is 1. The Morgan fingerprint density at radius 2 is 2.16 bits per heavy atom. The van der Waals surface area contributed by atoms with Gasteiger partial charge in [0.2, 0.25) is 0 Å². The van der Waals surface area contributed by atoms with Crippen LogP contribution >= 0.6 is 27.3 Å². The van der Waals surface area contributed by atoms with E-state index in [2.05, 4.69) is 31.2 Å². The van der Waals surface area contributed by atoms with Crippen molar-refractivity contribution in [3.8, 4) is 0 Å². The lowest BCUT2D eigenvalue weighted by atomic mass is 10.2. The van der Waals surface area contributed by atoms with E-state index >= 15 is 0 Å². The van der Waals surface area contributed by atoms with Gasteiger partial charge in [-0.3, -0.25) is 9.78 Å². The fraction of sp³-hybridized carbons (Fsp3) is 0.308. The van der Waals surface area contributed by atoms with Crippen LogP contribution in [0, 0.1) is 13.8 Å². The molecule has 0 aliphatic rings. The predicted molar refractivity (Wildman–Crippen MR) is 79.4 cm³/mol. The summed E-state index contributed by atoms with van der Waals surface area (Å²) in [7, 11) is 0. The summed E-state index contributed by atoms with van der Waals surface area (Å²) in [6.45, 7) is 5.89. The fourth-order valence-corrected chi connectivity index (χ4v) is 3.13. The number of pyridine rings is 1. The van der Waals surface area contributed by atoms with Gasteiger partial charge in [-0.15, -0.1) is 11.3 Å². The van der Waals surface area contributed by atoms with E-state index in [1.807, 2.05) is 20.8 Å². The van der Waals surface area contributed by atoms with Crippen LogP contribution in [0.2, 0.25) is 0 Å². The molecule has 2 rings (SSSR count). The normalized spacial score (nSPS) is 12.2. The molecule has 1 atom stereocenters. The van der Waals surface area contributed by atoms with Crippen LogP contribution in [0.4, 0.5) is 0 Å². The van der Waals surface area contributed by atoms with Crippen molar-refractivity contribution in [2.45, 2.75) is 26.8 Å². The summed E-state index contributed by atoms with van der Waals surface area (Å²) in [4.78, 5) is 21.6. The molecule has 0 spiro atoms. The lowest BCUT2D eigenvalue weighted by Crippen LogP contribution is -2.26. The van der Waals surface area contributed by atoms with Crippen LogP contribution in [0.3, 0.4) is 0 Å². The third-order valence-electron chi connectivity index (χ3n) is 2.65. The van der Waals surface area contributed by atoms with Gasteiger partial charge in [0.05, 0.1) is 22.3 Å². The first-order chi connectivity index (χ1) is 8.97. The van der Waals surface area contributed by atoms with E-state index in [9.17, 15) is 4.79 Å². The Hall–Kier alpha value is -1.27. The molecule has 2 heterocycles. The summed E-state index contributed by atoms with van der Waals surface area (Å²) in [5, 5.41) is 3.98. The first kappa shape index (κ1) is 14.1. The second-order valence-electron chi connectivity index (χ2n) is 4.27. The molecule has 1 N–H and O–H groups in total. The van der Waals surface area contributed by atoms with Gasteiger partial charge in [0.15, 0.2) is 0 Å². The van der Waals surface area contributed by atoms with Crippen LogP contribution in [0.25, 0.3) is 0 Å². The molecule has 0 aliphatic carbocycles. The van der Waals surface area contributed by atoms with Crippen molar-refractivity contribution in [2.75, 3.05) is 0 Å². The van der Waals surface area contributed by atoms with E-state index in [0.29, 0.717) is 5.56 Å². The van der Waals surface area contributed by atoms with Gasteiger partial charge < -0.3 is 5.32 Å². The third kappa shape index (κ3) is 3.39. The number of hydrogen-bond donors (Lipinski definition) is 1. The van der Waals surface area contributed by atoms with Gasteiger partial charge in [0.1, 0.15) is 0 Å². The second-order valence-corrected chi connectivity index (χ2v) is 6.42. The summed E-state index contributed by atoms with van der Waals surface area (Å²) >= 11 is 4.92. The maximum Gasteiger partial charge on any atom is 0.253 e. The Labute approximate surface area is 124 Å². The zero-order chi connectivity index (χ0) is 14.0. The lowest BCUT2D eigenvalue weighted by Gasteiger charge is -2.12. The first-order valence-electron chi connectivity index (χ1n) is 5.82. The van der Waals surface area contributed by atoms with Crippen molar-refractivity contribution < 1.29 is 4.79 Å². The van der Waals surface area contributed by atoms with Gasteiger partial charge in [-0.1, -0.05) is 0 Å². The maximum absolute atomic E-state index is 12.1. The Kier molecular flexibility index (Phi) is 4.31. The van der Waals surface area contributed by atoms with E-state index in [4.69, 9.17) is 0 Å². The van der Waals surface area contributed by atoms with E-state index < -0.39 is 0 Å². The molecule has 0 saturated heterocycles. The van der Waals surface area contributed by atoms with Crippen molar-refractivity contribution in [1.82, 2.24) is 15.3 Å². The minimum Gasteiger partial charge on any atom is -0.345 e. The SMILES string of the molecule is Cc1nc(C)c(C(C)NC(=O)c2cncc(Br)c2)s1. The Morgan fingerprint density at radius 1 is 1.42 bits per heavy atom. The highest BCUT2D eigenvalue weighted by molar-refractivity contribution is 9.10. The van der Waals surface area contributed by atoms with E-state index in [1.165, 1.54) is 0 Å². The number of hydrogen-bond acceptors (Lipinski definition) is 4. The summed E-state index contributed by atoms with van der Waals surface area (Å²) in [6, 6.07) is 1.69. The van der Waals surface area contributed by atoms with Crippen molar-refractivity contribution in [2.24, 2.45) is 0 Å². The molecule has 6 heteroatoms. The van der Waals surface area contributed by atoms with Crippen LogP contribution in [0.5, 0.6) is 0 Å². The number of nitrogens with zero attached hydrogens (tertiary/aromatic N) is 2. The smallest absolute Gasteiger partial charge is 0.253 e. The summed E-state index contributed by atoms with van der Waals surface area (Å²) in [5.74, 6) is -0.133. The highest BCUT2D eigenvalue weighted by Gasteiger charge is 2.16. The molecule has 0 saturated carbocycles. The second kappa shape index (κ2) is 5.79. The van der Waals surface area contributed by atoms with Crippen molar-refractivity contribution >= 4 is 33.2 Å². The van der Waals surface area contributed by atoms with Crippen molar-refractivity contribution in [3.63, 3.8) is 0 Å². The van der Waals surface area contributed by atoms with Crippen LogP contribution in [-0.2, 0) is 0 Å². The van der Waals surface area contributed by atoms with Gasteiger partial charge in [-0.25, -0.2) is 4.98 Å². The van der Waals surface area contributed by atoms with Crippen LogP contribution in [0.1, 0.15) is 38.9 Å². The highest BCUT2D eigenvalue weighted by atomic mass is 79.9. The first-order valence-corrected chi connectivity index (χ1v) is 7.43. The lowest BCUT2D eigenvalue weighted by molar-refractivity contribution is 0.0940. The van der Waals surface area contributed by atoms with E-state index in [-0.39, 0.29) is 11.9 Å². The average molecular weight is 340 g/mol. The molecule has 0 fully saturated rings. The number of aromatic nitrogens is 2. The van der Waals surface area contributed by atoms with E-state index in [0.717, 1.165) is 20.1 Å². The van der Waals surface area contributed by atoms with Gasteiger partial charge in [-0.2, -0.15) is 0 Å². The summed E-state index contributed by atoms with van der Waals surface area (Å²) in [6.07, 6.45) is 3.20. The molecule has 4 nitrogen and oxygen atoms in total. The monoisotopic (exact) mass is 339 g/mol. The molecule has 1 unspecified atom stereocenters. The van der Waals surface area contributed by atoms with Crippen LogP contribution < -0.4 is 5.32 Å². The summed E-state index contributed by atoms with van der Waals surface area (Å²) in [5.41, 5.74) is 1.52. The summed E-state index contributed by atoms with van der Waals surface area (Å²) < 4.78 is 0.789. The molecule has 0 aromatic carbocycles. The molecule has 2 aromatic rings.